The van der Waals surface area contributed by atoms with Gasteiger partial charge in [-0.2, -0.15) is 16.8 Å². The van der Waals surface area contributed by atoms with Gasteiger partial charge in [-0.15, -0.1) is 0 Å². The lowest BCUT2D eigenvalue weighted by Crippen LogP contribution is -2.28. The van der Waals surface area contributed by atoms with Crippen molar-refractivity contribution in [3.8, 4) is 0 Å². The van der Waals surface area contributed by atoms with Crippen LogP contribution in [0.4, 0.5) is 0 Å². The summed E-state index contributed by atoms with van der Waals surface area (Å²) in [5.74, 6) is -0.431. The van der Waals surface area contributed by atoms with Crippen LogP contribution in [0.3, 0.4) is 0 Å². The summed E-state index contributed by atoms with van der Waals surface area (Å²) in [5, 5.41) is 0. The molecule has 0 radical (unpaired) electrons. The molecular formula is C38H72N2O6S2. The molecule has 1 aromatic rings. The van der Waals surface area contributed by atoms with E-state index in [1.165, 1.54) is 127 Å². The monoisotopic (exact) mass is 716 g/mol. The van der Waals surface area contributed by atoms with Crippen LogP contribution in [-0.2, 0) is 33.3 Å². The minimum absolute atomic E-state index is 0.215. The predicted octanol–water partition coefficient (Wildman–Crippen LogP) is 9.69. The highest BCUT2D eigenvalue weighted by atomic mass is 32.2. The van der Waals surface area contributed by atoms with E-state index in [9.17, 15) is 25.9 Å². The minimum Gasteiger partial charge on any atom is -0.299 e. The summed E-state index contributed by atoms with van der Waals surface area (Å²) in [6.07, 6.45) is 26.3. The van der Waals surface area contributed by atoms with Crippen LogP contribution in [0, 0.1) is 0 Å². The van der Waals surface area contributed by atoms with Crippen molar-refractivity contribution in [1.82, 2.24) is 9.80 Å². The first-order chi connectivity index (χ1) is 23.0. The molecule has 10 heteroatoms. The Morgan fingerprint density at radius 3 is 0.938 bits per heavy atom. The number of unbranched alkanes of at least 4 members (excludes halogenated alkanes) is 18. The first-order valence-corrected chi connectivity index (χ1v) is 22.7. The van der Waals surface area contributed by atoms with Crippen molar-refractivity contribution in [3.63, 3.8) is 0 Å². The van der Waals surface area contributed by atoms with Crippen molar-refractivity contribution < 1.29 is 25.9 Å². The molecule has 0 atom stereocenters. The van der Waals surface area contributed by atoms with E-state index in [1.54, 1.807) is 0 Å². The van der Waals surface area contributed by atoms with Gasteiger partial charge in [0.05, 0.1) is 11.5 Å². The molecule has 0 fully saturated rings. The van der Waals surface area contributed by atoms with Crippen molar-refractivity contribution in [2.45, 2.75) is 168 Å². The van der Waals surface area contributed by atoms with Crippen LogP contribution in [0.25, 0.3) is 0 Å². The highest BCUT2D eigenvalue weighted by Gasteiger charge is 2.12. The smallest absolute Gasteiger partial charge is 0.264 e. The van der Waals surface area contributed by atoms with E-state index in [1.807, 2.05) is 0 Å². The fourth-order valence-corrected chi connectivity index (χ4v) is 7.38. The van der Waals surface area contributed by atoms with Gasteiger partial charge in [0.1, 0.15) is 0 Å². The maximum atomic E-state index is 11.3. The van der Waals surface area contributed by atoms with Crippen LogP contribution in [0.5, 0.6) is 0 Å². The SMILES string of the molecule is CCCCCCCCCCCCN(CCCS(=O)(=O)O)Cc1ccc(CN(CCCCCCCCCCCC)CCCS(=O)(=O)O)cc1. The standard InChI is InChI=1S/C38H72N2O6S2/c1-3-5-7-9-11-13-15-17-19-21-29-39(31-23-33-47(41,42)43)35-37-25-27-38(28-26-37)36-40(32-24-34-48(44,45)46)30-22-20-18-16-14-12-10-8-6-4-2/h25-28H,3-24,29-36H2,1-2H3,(H,41,42,43)(H,44,45,46). The number of hydrogen-bond acceptors (Lipinski definition) is 6. The molecule has 8 nitrogen and oxygen atoms in total. The zero-order valence-electron chi connectivity index (χ0n) is 30.8. The zero-order valence-corrected chi connectivity index (χ0v) is 32.4. The molecule has 2 N–H and O–H groups in total. The molecule has 0 unspecified atom stereocenters. The molecule has 48 heavy (non-hydrogen) atoms. The van der Waals surface area contributed by atoms with Gasteiger partial charge >= 0.3 is 0 Å². The average molecular weight is 717 g/mol. The molecule has 0 saturated carbocycles. The molecule has 1 rings (SSSR count). The zero-order chi connectivity index (χ0) is 35.4. The van der Waals surface area contributed by atoms with Gasteiger partial charge in [-0.3, -0.25) is 18.9 Å². The van der Waals surface area contributed by atoms with E-state index in [0.717, 1.165) is 39.0 Å². The molecule has 0 bridgehead atoms. The topological polar surface area (TPSA) is 115 Å². The Hall–Kier alpha value is -1.04. The van der Waals surface area contributed by atoms with Gasteiger partial charge in [0.25, 0.3) is 20.2 Å². The third kappa shape index (κ3) is 28.8. The Kier molecular flexibility index (Phi) is 26.8. The van der Waals surface area contributed by atoms with Crippen LogP contribution in [0.1, 0.15) is 166 Å². The van der Waals surface area contributed by atoms with Gasteiger partial charge in [-0.1, -0.05) is 154 Å². The summed E-state index contributed by atoms with van der Waals surface area (Å²) < 4.78 is 63.7. The van der Waals surface area contributed by atoms with Crippen molar-refractivity contribution in [2.24, 2.45) is 0 Å². The van der Waals surface area contributed by atoms with Gasteiger partial charge in [0.15, 0.2) is 0 Å². The van der Waals surface area contributed by atoms with E-state index in [-0.39, 0.29) is 11.5 Å². The first-order valence-electron chi connectivity index (χ1n) is 19.4. The normalized spacial score (nSPS) is 12.5. The molecular weight excluding hydrogens is 645 g/mol. The Labute approximate surface area is 296 Å². The Balaban J connectivity index is 2.59. The maximum absolute atomic E-state index is 11.3. The predicted molar refractivity (Wildman–Crippen MR) is 203 cm³/mol. The van der Waals surface area contributed by atoms with Crippen LogP contribution >= 0.6 is 0 Å². The second-order valence-corrected chi connectivity index (χ2v) is 17.2. The Bertz CT molecular complexity index is 1010. The molecule has 282 valence electrons. The molecule has 0 aliphatic carbocycles. The maximum Gasteiger partial charge on any atom is 0.264 e. The fraction of sp³-hybridized carbons (Fsp3) is 0.842. The summed E-state index contributed by atoms with van der Waals surface area (Å²) in [7, 11) is -7.93. The van der Waals surface area contributed by atoms with Crippen molar-refractivity contribution in [1.29, 1.82) is 0 Å². The molecule has 0 heterocycles. The van der Waals surface area contributed by atoms with Crippen molar-refractivity contribution in [2.75, 3.05) is 37.7 Å². The minimum atomic E-state index is -3.96. The molecule has 0 aliphatic heterocycles. The highest BCUT2D eigenvalue weighted by molar-refractivity contribution is 7.86. The molecule has 0 spiro atoms. The van der Waals surface area contributed by atoms with Crippen LogP contribution in [0.2, 0.25) is 0 Å². The van der Waals surface area contributed by atoms with Gasteiger partial charge in [0.2, 0.25) is 0 Å². The van der Waals surface area contributed by atoms with Gasteiger partial charge < -0.3 is 0 Å². The molecule has 0 aromatic heterocycles. The second-order valence-electron chi connectivity index (χ2n) is 14.0. The summed E-state index contributed by atoms with van der Waals surface area (Å²) in [4.78, 5) is 4.61. The Morgan fingerprint density at radius 2 is 0.667 bits per heavy atom. The lowest BCUT2D eigenvalue weighted by atomic mass is 10.1. The van der Waals surface area contributed by atoms with Crippen molar-refractivity contribution >= 4 is 20.2 Å². The third-order valence-electron chi connectivity index (χ3n) is 9.24. The van der Waals surface area contributed by atoms with Gasteiger partial charge in [-0.25, -0.2) is 0 Å². The Morgan fingerprint density at radius 1 is 0.417 bits per heavy atom. The lowest BCUT2D eigenvalue weighted by Gasteiger charge is -2.24. The first kappa shape index (κ1) is 45.0. The molecule has 0 amide bonds. The quantitative estimate of drug-likeness (QED) is 0.0535. The average Bonchev–Trinajstić information content (AvgIpc) is 3.02. The summed E-state index contributed by atoms with van der Waals surface area (Å²) in [5.41, 5.74) is 2.34. The molecule has 0 saturated heterocycles. The third-order valence-corrected chi connectivity index (χ3v) is 10.9. The summed E-state index contributed by atoms with van der Waals surface area (Å²) in [6, 6.07) is 8.56. The van der Waals surface area contributed by atoms with E-state index in [4.69, 9.17) is 0 Å². The largest absolute Gasteiger partial charge is 0.299 e. The van der Waals surface area contributed by atoms with Gasteiger partial charge in [-0.05, 0) is 63.0 Å². The number of nitrogens with zero attached hydrogens (tertiary/aromatic N) is 2. The second kappa shape index (κ2) is 28.6. The van der Waals surface area contributed by atoms with E-state index < -0.39 is 20.2 Å². The van der Waals surface area contributed by atoms with Crippen LogP contribution in [0.15, 0.2) is 24.3 Å². The fourth-order valence-electron chi connectivity index (χ4n) is 6.39. The number of rotatable bonds is 34. The van der Waals surface area contributed by atoms with Crippen LogP contribution < -0.4 is 0 Å². The summed E-state index contributed by atoms with van der Waals surface area (Å²) >= 11 is 0. The number of hydrogen-bond donors (Lipinski definition) is 2. The molecule has 1 aromatic carbocycles. The lowest BCUT2D eigenvalue weighted by molar-refractivity contribution is 0.256. The van der Waals surface area contributed by atoms with Crippen LogP contribution in [-0.4, -0.2) is 73.4 Å². The van der Waals surface area contributed by atoms with E-state index in [0.29, 0.717) is 25.9 Å². The highest BCUT2D eigenvalue weighted by Crippen LogP contribution is 2.16. The van der Waals surface area contributed by atoms with E-state index in [2.05, 4.69) is 47.9 Å². The summed E-state index contributed by atoms with van der Waals surface area (Å²) in [6.45, 7) is 9.03. The van der Waals surface area contributed by atoms with Gasteiger partial charge in [0, 0.05) is 13.1 Å². The van der Waals surface area contributed by atoms with Crippen molar-refractivity contribution in [3.05, 3.63) is 35.4 Å². The molecule has 0 aliphatic rings. The number of benzene rings is 1. The van der Waals surface area contributed by atoms with E-state index >= 15 is 0 Å².